The highest BCUT2D eigenvalue weighted by atomic mass is 35.5. The van der Waals surface area contributed by atoms with Crippen molar-refractivity contribution in [1.82, 2.24) is 15.3 Å². The third-order valence-corrected chi connectivity index (χ3v) is 3.21. The number of aromatic nitrogens is 2. The largest absolute Gasteiger partial charge is 0.495 e. The van der Waals surface area contributed by atoms with Gasteiger partial charge in [-0.05, 0) is 31.7 Å². The molecule has 0 saturated heterocycles. The molecule has 100 valence electrons. The second-order valence-corrected chi connectivity index (χ2v) is 4.61. The number of benzene rings is 1. The summed E-state index contributed by atoms with van der Waals surface area (Å²) < 4.78 is 5.24. The highest BCUT2D eigenvalue weighted by Gasteiger charge is 2.15. The number of hydrogen-bond acceptors (Lipinski definition) is 4. The van der Waals surface area contributed by atoms with Crippen molar-refractivity contribution in [3.05, 3.63) is 52.6 Å². The van der Waals surface area contributed by atoms with Crippen LogP contribution in [0.5, 0.6) is 5.75 Å². The van der Waals surface area contributed by atoms with Crippen molar-refractivity contribution in [2.45, 2.75) is 13.0 Å². The predicted octanol–water partition coefficient (Wildman–Crippen LogP) is 2.76. The lowest BCUT2D eigenvalue weighted by Crippen LogP contribution is -2.19. The van der Waals surface area contributed by atoms with E-state index in [1.807, 2.05) is 32.2 Å². The van der Waals surface area contributed by atoms with E-state index in [1.54, 1.807) is 19.5 Å². The minimum absolute atomic E-state index is 0.0423. The van der Waals surface area contributed by atoms with E-state index in [2.05, 4.69) is 15.3 Å². The highest BCUT2D eigenvalue weighted by Crippen LogP contribution is 2.29. The number of rotatable bonds is 4. The van der Waals surface area contributed by atoms with E-state index >= 15 is 0 Å². The van der Waals surface area contributed by atoms with E-state index in [4.69, 9.17) is 16.3 Å². The molecule has 0 spiro atoms. The molecular formula is C14H16ClN3O. The van der Waals surface area contributed by atoms with Crippen molar-refractivity contribution in [2.24, 2.45) is 0 Å². The zero-order valence-electron chi connectivity index (χ0n) is 11.1. The maximum Gasteiger partial charge on any atom is 0.137 e. The smallest absolute Gasteiger partial charge is 0.137 e. The first-order chi connectivity index (χ1) is 9.15. The lowest BCUT2D eigenvalue weighted by atomic mass is 10.0. The van der Waals surface area contributed by atoms with Crippen LogP contribution in [0.4, 0.5) is 0 Å². The summed E-state index contributed by atoms with van der Waals surface area (Å²) in [6.07, 6.45) is 3.53. The second kappa shape index (κ2) is 5.99. The molecule has 1 aromatic carbocycles. The Morgan fingerprint density at radius 1 is 1.26 bits per heavy atom. The van der Waals surface area contributed by atoms with Gasteiger partial charge in [0.2, 0.25) is 0 Å². The van der Waals surface area contributed by atoms with Gasteiger partial charge in [0.05, 0.1) is 35.8 Å². The molecule has 1 unspecified atom stereocenters. The number of nitrogens with one attached hydrogen (secondary N) is 1. The van der Waals surface area contributed by atoms with E-state index in [0.717, 1.165) is 17.0 Å². The van der Waals surface area contributed by atoms with Gasteiger partial charge in [-0.2, -0.15) is 0 Å². The fraction of sp³-hybridized carbons (Fsp3) is 0.286. The molecule has 4 nitrogen and oxygen atoms in total. The number of methoxy groups -OCH3 is 1. The molecule has 0 amide bonds. The number of nitrogens with zero attached hydrogens (tertiary/aromatic N) is 2. The van der Waals surface area contributed by atoms with Gasteiger partial charge in [0.15, 0.2) is 0 Å². The Bertz CT molecular complexity index is 557. The number of ether oxygens (including phenoxy) is 1. The lowest BCUT2D eigenvalue weighted by molar-refractivity contribution is 0.414. The minimum atomic E-state index is -0.0423. The summed E-state index contributed by atoms with van der Waals surface area (Å²) in [5.41, 5.74) is 2.78. The molecule has 5 heteroatoms. The summed E-state index contributed by atoms with van der Waals surface area (Å²) in [6.45, 7) is 1.91. The van der Waals surface area contributed by atoms with Crippen LogP contribution in [-0.2, 0) is 0 Å². The zero-order valence-corrected chi connectivity index (χ0v) is 11.9. The normalized spacial score (nSPS) is 12.2. The molecule has 1 N–H and O–H groups in total. The van der Waals surface area contributed by atoms with E-state index in [9.17, 15) is 0 Å². The van der Waals surface area contributed by atoms with Crippen LogP contribution in [0.25, 0.3) is 0 Å². The summed E-state index contributed by atoms with van der Waals surface area (Å²) in [5.74, 6) is 0.652. The van der Waals surface area contributed by atoms with Gasteiger partial charge in [0, 0.05) is 6.20 Å². The van der Waals surface area contributed by atoms with Gasteiger partial charge >= 0.3 is 0 Å². The number of halogens is 1. The molecule has 0 bridgehead atoms. The van der Waals surface area contributed by atoms with Crippen LogP contribution in [0.15, 0.2) is 30.6 Å². The molecule has 0 aliphatic heterocycles. The Hall–Kier alpha value is -1.65. The quantitative estimate of drug-likeness (QED) is 0.933. The van der Waals surface area contributed by atoms with Crippen LogP contribution in [0.2, 0.25) is 5.02 Å². The Morgan fingerprint density at radius 2 is 2.05 bits per heavy atom. The van der Waals surface area contributed by atoms with Gasteiger partial charge < -0.3 is 10.1 Å². The summed E-state index contributed by atoms with van der Waals surface area (Å²) in [5, 5.41) is 3.82. The molecule has 0 radical (unpaired) electrons. The lowest BCUT2D eigenvalue weighted by Gasteiger charge is -2.17. The van der Waals surface area contributed by atoms with Gasteiger partial charge in [0.25, 0.3) is 0 Å². The first-order valence-electron chi connectivity index (χ1n) is 5.95. The molecule has 0 saturated carbocycles. The molecule has 1 heterocycles. The van der Waals surface area contributed by atoms with E-state index in [0.29, 0.717) is 10.8 Å². The van der Waals surface area contributed by atoms with Crippen LogP contribution in [-0.4, -0.2) is 24.1 Å². The van der Waals surface area contributed by atoms with Gasteiger partial charge in [0.1, 0.15) is 5.75 Å². The van der Waals surface area contributed by atoms with Gasteiger partial charge in [-0.3, -0.25) is 9.97 Å². The van der Waals surface area contributed by atoms with Gasteiger partial charge in [-0.15, -0.1) is 0 Å². The second-order valence-electron chi connectivity index (χ2n) is 4.20. The summed E-state index contributed by atoms with van der Waals surface area (Å²) >= 11 is 6.04. The molecule has 2 aromatic rings. The molecule has 2 rings (SSSR count). The summed E-state index contributed by atoms with van der Waals surface area (Å²) in [4.78, 5) is 8.68. The van der Waals surface area contributed by atoms with Crippen molar-refractivity contribution in [2.75, 3.05) is 14.2 Å². The van der Waals surface area contributed by atoms with Crippen molar-refractivity contribution in [1.29, 1.82) is 0 Å². The topological polar surface area (TPSA) is 47.0 Å². The third kappa shape index (κ3) is 3.03. The van der Waals surface area contributed by atoms with E-state index in [-0.39, 0.29) is 6.04 Å². The van der Waals surface area contributed by atoms with Crippen molar-refractivity contribution >= 4 is 11.6 Å². The van der Waals surface area contributed by atoms with Gasteiger partial charge in [-0.1, -0.05) is 17.7 Å². The molecule has 19 heavy (non-hydrogen) atoms. The van der Waals surface area contributed by atoms with Crippen LogP contribution >= 0.6 is 11.6 Å². The molecule has 0 fully saturated rings. The average molecular weight is 278 g/mol. The van der Waals surface area contributed by atoms with Crippen LogP contribution in [0, 0.1) is 6.92 Å². The van der Waals surface area contributed by atoms with Crippen molar-refractivity contribution in [3.63, 3.8) is 0 Å². The average Bonchev–Trinajstić information content (AvgIpc) is 2.43. The first kappa shape index (κ1) is 13.8. The molecule has 0 aliphatic carbocycles. The SMILES string of the molecule is CNC(c1ccc(Cl)c(OC)c1)c1cnc(C)cn1. The fourth-order valence-corrected chi connectivity index (χ4v) is 2.09. The predicted molar refractivity (Wildman–Crippen MR) is 75.7 cm³/mol. The maximum absolute atomic E-state index is 6.04. The monoisotopic (exact) mass is 277 g/mol. The Kier molecular flexibility index (Phi) is 4.35. The Balaban J connectivity index is 2.39. The fourth-order valence-electron chi connectivity index (χ4n) is 1.89. The third-order valence-electron chi connectivity index (χ3n) is 2.89. The first-order valence-corrected chi connectivity index (χ1v) is 6.32. The number of hydrogen-bond donors (Lipinski definition) is 1. The Labute approximate surface area is 117 Å². The van der Waals surface area contributed by atoms with Gasteiger partial charge in [-0.25, -0.2) is 0 Å². The highest BCUT2D eigenvalue weighted by molar-refractivity contribution is 6.32. The van der Waals surface area contributed by atoms with Crippen LogP contribution in [0.3, 0.4) is 0 Å². The summed E-state index contributed by atoms with van der Waals surface area (Å²) in [7, 11) is 3.48. The molecule has 1 aromatic heterocycles. The van der Waals surface area contributed by atoms with E-state index in [1.165, 1.54) is 0 Å². The molecule has 0 aliphatic rings. The Morgan fingerprint density at radius 3 is 2.63 bits per heavy atom. The molecule has 1 atom stereocenters. The van der Waals surface area contributed by atoms with E-state index < -0.39 is 0 Å². The summed E-state index contributed by atoms with van der Waals surface area (Å²) in [6, 6.07) is 5.64. The standard InChI is InChI=1S/C14H16ClN3O/c1-9-7-18-12(8-17-9)14(16-2)10-4-5-11(15)13(6-10)19-3/h4-8,14,16H,1-3H3. The van der Waals surface area contributed by atoms with Crippen LogP contribution in [0.1, 0.15) is 23.0 Å². The van der Waals surface area contributed by atoms with Crippen molar-refractivity contribution < 1.29 is 4.74 Å². The molecular weight excluding hydrogens is 262 g/mol. The van der Waals surface area contributed by atoms with Crippen LogP contribution < -0.4 is 10.1 Å². The zero-order chi connectivity index (χ0) is 13.8. The number of aryl methyl sites for hydroxylation is 1. The maximum atomic E-state index is 6.04. The minimum Gasteiger partial charge on any atom is -0.495 e. The van der Waals surface area contributed by atoms with Crippen molar-refractivity contribution in [3.8, 4) is 5.75 Å².